The highest BCUT2D eigenvalue weighted by Crippen LogP contribution is 2.35. The largest absolute Gasteiger partial charge is 0.330 e. The van der Waals surface area contributed by atoms with Gasteiger partial charge in [-0.2, -0.15) is 0 Å². The summed E-state index contributed by atoms with van der Waals surface area (Å²) in [5.41, 5.74) is 1.33. The first kappa shape index (κ1) is 13.6. The number of nitrogens with zero attached hydrogens (tertiary/aromatic N) is 3. The van der Waals surface area contributed by atoms with E-state index < -0.39 is 0 Å². The zero-order valence-corrected chi connectivity index (χ0v) is 11.7. The Bertz CT molecular complexity index is 339. The van der Waals surface area contributed by atoms with Crippen LogP contribution in [-0.2, 0) is 6.54 Å². The normalized spacial score (nSPS) is 15.5. The highest BCUT2D eigenvalue weighted by molar-refractivity contribution is 5.03. The molecule has 0 amide bonds. The molecule has 1 heterocycles. The van der Waals surface area contributed by atoms with Crippen LogP contribution in [0.3, 0.4) is 0 Å². The van der Waals surface area contributed by atoms with Gasteiger partial charge < -0.3 is 14.8 Å². The Morgan fingerprint density at radius 1 is 1.39 bits per heavy atom. The van der Waals surface area contributed by atoms with Gasteiger partial charge in [-0.3, -0.25) is 0 Å². The molecule has 18 heavy (non-hydrogen) atoms. The second kappa shape index (κ2) is 6.90. The van der Waals surface area contributed by atoms with E-state index in [-0.39, 0.29) is 0 Å². The van der Waals surface area contributed by atoms with E-state index in [0.717, 1.165) is 32.2 Å². The third-order valence-corrected chi connectivity index (χ3v) is 3.71. The molecule has 1 saturated carbocycles. The van der Waals surface area contributed by atoms with Gasteiger partial charge in [-0.25, -0.2) is 4.98 Å². The van der Waals surface area contributed by atoms with Crippen LogP contribution in [-0.4, -0.2) is 40.6 Å². The van der Waals surface area contributed by atoms with E-state index in [0.29, 0.717) is 0 Å². The molecule has 0 spiro atoms. The standard InChI is InChI=1S/C14H26N4/c1-3-17(4-2)9-5-8-15-10-14-11-16-12-18(14)13-6-7-13/h11-13,15H,3-10H2,1-2H3. The van der Waals surface area contributed by atoms with Gasteiger partial charge in [0.1, 0.15) is 0 Å². The van der Waals surface area contributed by atoms with E-state index >= 15 is 0 Å². The van der Waals surface area contributed by atoms with Gasteiger partial charge in [0.2, 0.25) is 0 Å². The Kier molecular flexibility index (Phi) is 5.20. The van der Waals surface area contributed by atoms with Crippen LogP contribution in [0.4, 0.5) is 0 Å². The van der Waals surface area contributed by atoms with Gasteiger partial charge in [-0.1, -0.05) is 13.8 Å². The van der Waals surface area contributed by atoms with Crippen LogP contribution in [0.1, 0.15) is 44.8 Å². The first-order chi connectivity index (χ1) is 8.85. The molecule has 102 valence electrons. The van der Waals surface area contributed by atoms with Crippen molar-refractivity contribution in [1.82, 2.24) is 19.8 Å². The van der Waals surface area contributed by atoms with Crippen LogP contribution in [0, 0.1) is 0 Å². The fourth-order valence-electron chi connectivity index (χ4n) is 2.33. The maximum absolute atomic E-state index is 4.25. The predicted molar refractivity (Wildman–Crippen MR) is 74.6 cm³/mol. The lowest BCUT2D eigenvalue weighted by molar-refractivity contribution is 0.297. The van der Waals surface area contributed by atoms with Crippen molar-refractivity contribution in [3.8, 4) is 0 Å². The molecule has 1 aromatic rings. The molecule has 0 saturated heterocycles. The van der Waals surface area contributed by atoms with Crippen molar-refractivity contribution in [3.05, 3.63) is 18.2 Å². The average molecular weight is 250 g/mol. The lowest BCUT2D eigenvalue weighted by atomic mass is 10.3. The summed E-state index contributed by atoms with van der Waals surface area (Å²) in [6.45, 7) is 10.0. The molecular weight excluding hydrogens is 224 g/mol. The molecule has 0 aromatic carbocycles. The van der Waals surface area contributed by atoms with E-state index in [4.69, 9.17) is 0 Å². The minimum atomic E-state index is 0.736. The zero-order valence-electron chi connectivity index (χ0n) is 11.7. The molecule has 4 heteroatoms. The molecule has 4 nitrogen and oxygen atoms in total. The number of nitrogens with one attached hydrogen (secondary N) is 1. The summed E-state index contributed by atoms with van der Waals surface area (Å²) in [4.78, 5) is 6.72. The summed E-state index contributed by atoms with van der Waals surface area (Å²) in [5.74, 6) is 0. The predicted octanol–water partition coefficient (Wildman–Crippen LogP) is 2.04. The van der Waals surface area contributed by atoms with Crippen LogP contribution in [0.5, 0.6) is 0 Å². The number of hydrogen-bond acceptors (Lipinski definition) is 3. The van der Waals surface area contributed by atoms with Gasteiger partial charge in [0.25, 0.3) is 0 Å². The number of imidazole rings is 1. The fourth-order valence-corrected chi connectivity index (χ4v) is 2.33. The molecule has 1 aliphatic carbocycles. The molecular formula is C14H26N4. The zero-order chi connectivity index (χ0) is 12.8. The summed E-state index contributed by atoms with van der Waals surface area (Å²) in [5, 5.41) is 3.53. The molecule has 0 unspecified atom stereocenters. The Morgan fingerprint density at radius 3 is 2.83 bits per heavy atom. The quantitative estimate of drug-likeness (QED) is 0.681. The third-order valence-electron chi connectivity index (χ3n) is 3.71. The lowest BCUT2D eigenvalue weighted by Crippen LogP contribution is -2.27. The Hall–Kier alpha value is -0.870. The van der Waals surface area contributed by atoms with Crippen LogP contribution in [0.2, 0.25) is 0 Å². The Balaban J connectivity index is 1.61. The van der Waals surface area contributed by atoms with Crippen LogP contribution in [0.25, 0.3) is 0 Å². The van der Waals surface area contributed by atoms with Crippen molar-refractivity contribution in [3.63, 3.8) is 0 Å². The van der Waals surface area contributed by atoms with Gasteiger partial charge in [-0.15, -0.1) is 0 Å². The van der Waals surface area contributed by atoms with Gasteiger partial charge in [-0.05, 0) is 45.4 Å². The monoisotopic (exact) mass is 250 g/mol. The topological polar surface area (TPSA) is 33.1 Å². The van der Waals surface area contributed by atoms with Gasteiger partial charge in [0.05, 0.1) is 12.0 Å². The molecule has 0 radical (unpaired) electrons. The van der Waals surface area contributed by atoms with Gasteiger partial charge in [0, 0.05) is 18.8 Å². The Labute approximate surface area is 110 Å². The maximum atomic E-state index is 4.25. The highest BCUT2D eigenvalue weighted by atomic mass is 15.1. The van der Waals surface area contributed by atoms with Crippen molar-refractivity contribution in [1.29, 1.82) is 0 Å². The molecule has 0 aliphatic heterocycles. The molecule has 1 N–H and O–H groups in total. The van der Waals surface area contributed by atoms with Gasteiger partial charge >= 0.3 is 0 Å². The van der Waals surface area contributed by atoms with Crippen molar-refractivity contribution >= 4 is 0 Å². The van der Waals surface area contributed by atoms with Crippen LogP contribution in [0.15, 0.2) is 12.5 Å². The van der Waals surface area contributed by atoms with Crippen LogP contribution < -0.4 is 5.32 Å². The first-order valence-electron chi connectivity index (χ1n) is 7.29. The summed E-state index contributed by atoms with van der Waals surface area (Å²) in [6.07, 6.45) is 7.84. The smallest absolute Gasteiger partial charge is 0.0951 e. The van der Waals surface area contributed by atoms with Crippen molar-refractivity contribution < 1.29 is 0 Å². The highest BCUT2D eigenvalue weighted by Gasteiger charge is 2.24. The first-order valence-corrected chi connectivity index (χ1v) is 7.29. The number of aromatic nitrogens is 2. The number of hydrogen-bond donors (Lipinski definition) is 1. The lowest BCUT2D eigenvalue weighted by Gasteiger charge is -2.17. The second-order valence-corrected chi connectivity index (χ2v) is 5.08. The molecule has 1 aliphatic rings. The summed E-state index contributed by atoms with van der Waals surface area (Å²) >= 11 is 0. The van der Waals surface area contributed by atoms with E-state index in [2.05, 4.69) is 33.6 Å². The van der Waals surface area contributed by atoms with Crippen LogP contribution >= 0.6 is 0 Å². The van der Waals surface area contributed by atoms with Crippen molar-refractivity contribution in [2.75, 3.05) is 26.2 Å². The SMILES string of the molecule is CCN(CC)CCCNCc1cncn1C1CC1. The van der Waals surface area contributed by atoms with E-state index in [1.165, 1.54) is 31.5 Å². The molecule has 1 fully saturated rings. The van der Waals surface area contributed by atoms with Crippen molar-refractivity contribution in [2.24, 2.45) is 0 Å². The fraction of sp³-hybridized carbons (Fsp3) is 0.786. The summed E-state index contributed by atoms with van der Waals surface area (Å²) in [7, 11) is 0. The molecule has 1 aromatic heterocycles. The second-order valence-electron chi connectivity index (χ2n) is 5.08. The van der Waals surface area contributed by atoms with E-state index in [1.54, 1.807) is 0 Å². The Morgan fingerprint density at radius 2 is 2.17 bits per heavy atom. The maximum Gasteiger partial charge on any atom is 0.0951 e. The molecule has 0 atom stereocenters. The summed E-state index contributed by atoms with van der Waals surface area (Å²) < 4.78 is 2.33. The van der Waals surface area contributed by atoms with Gasteiger partial charge in [0.15, 0.2) is 0 Å². The van der Waals surface area contributed by atoms with E-state index in [9.17, 15) is 0 Å². The van der Waals surface area contributed by atoms with Crippen molar-refractivity contribution in [2.45, 2.75) is 45.7 Å². The minimum Gasteiger partial charge on any atom is -0.330 e. The molecule has 2 rings (SSSR count). The van der Waals surface area contributed by atoms with E-state index in [1.807, 2.05) is 12.5 Å². The number of rotatable bonds is 9. The molecule has 0 bridgehead atoms. The average Bonchev–Trinajstić information content (AvgIpc) is 3.14. The third kappa shape index (κ3) is 3.82. The summed E-state index contributed by atoms with van der Waals surface area (Å²) in [6, 6.07) is 0.736. The minimum absolute atomic E-state index is 0.736.